The molecule has 154 valence electrons. The number of fused-ring (bicyclic) bond motifs is 1. The number of aromatic nitrogens is 5. The van der Waals surface area contributed by atoms with Gasteiger partial charge in [0.05, 0.1) is 12.6 Å². The van der Waals surface area contributed by atoms with E-state index in [2.05, 4.69) is 54.9 Å². The van der Waals surface area contributed by atoms with Gasteiger partial charge in [0.15, 0.2) is 21.7 Å². The van der Waals surface area contributed by atoms with Crippen LogP contribution < -0.4 is 10.5 Å². The van der Waals surface area contributed by atoms with E-state index in [1.165, 1.54) is 5.56 Å². The van der Waals surface area contributed by atoms with Gasteiger partial charge in [-0.3, -0.25) is 9.55 Å². The fraction of sp³-hybridized carbons (Fsp3) is 0.273. The molecule has 1 aromatic carbocycles. The van der Waals surface area contributed by atoms with Crippen molar-refractivity contribution in [2.75, 3.05) is 12.3 Å². The molecule has 0 saturated heterocycles. The van der Waals surface area contributed by atoms with Crippen molar-refractivity contribution in [2.45, 2.75) is 32.2 Å². The van der Waals surface area contributed by atoms with Crippen molar-refractivity contribution >= 4 is 32.9 Å². The van der Waals surface area contributed by atoms with E-state index in [-0.39, 0.29) is 12.1 Å². The van der Waals surface area contributed by atoms with E-state index in [0.29, 0.717) is 28.3 Å². The number of imidazole rings is 1. The third kappa shape index (κ3) is 4.28. The van der Waals surface area contributed by atoms with Gasteiger partial charge < -0.3 is 10.5 Å². The largest absolute Gasteiger partial charge is 0.463 e. The lowest BCUT2D eigenvalue weighted by Gasteiger charge is -2.18. The van der Waals surface area contributed by atoms with Crippen LogP contribution in [0.1, 0.15) is 36.9 Å². The van der Waals surface area contributed by atoms with Crippen LogP contribution in [0.4, 0.5) is 5.82 Å². The molecule has 2 N–H and O–H groups in total. The van der Waals surface area contributed by atoms with E-state index < -0.39 is 0 Å². The first-order valence-corrected chi connectivity index (χ1v) is 10.7. The van der Waals surface area contributed by atoms with Gasteiger partial charge in [0, 0.05) is 12.4 Å². The van der Waals surface area contributed by atoms with Gasteiger partial charge >= 0.3 is 6.01 Å². The first-order valence-electron chi connectivity index (χ1n) is 9.95. The quantitative estimate of drug-likeness (QED) is 0.301. The number of nitrogens with zero attached hydrogens (tertiary/aromatic N) is 5. The molecule has 0 aliphatic carbocycles. The molecule has 1 unspecified atom stereocenters. The highest BCUT2D eigenvalue weighted by Crippen LogP contribution is 2.32. The van der Waals surface area contributed by atoms with Crippen LogP contribution in [0.3, 0.4) is 0 Å². The summed E-state index contributed by atoms with van der Waals surface area (Å²) in [5.74, 6) is 0.307. The molecular formula is C22H23BrN6O. The molecule has 0 amide bonds. The second-order valence-electron chi connectivity index (χ2n) is 6.96. The lowest BCUT2D eigenvalue weighted by atomic mass is 10.1. The van der Waals surface area contributed by atoms with Gasteiger partial charge in [0.2, 0.25) is 0 Å². The van der Waals surface area contributed by atoms with Crippen LogP contribution in [-0.2, 0) is 6.42 Å². The van der Waals surface area contributed by atoms with E-state index in [1.54, 1.807) is 12.4 Å². The zero-order valence-corrected chi connectivity index (χ0v) is 18.3. The third-order valence-corrected chi connectivity index (χ3v) is 5.54. The summed E-state index contributed by atoms with van der Waals surface area (Å²) in [5.41, 5.74) is 9.79. The average molecular weight is 467 g/mol. The third-order valence-electron chi connectivity index (χ3n) is 4.98. The number of hydrogen-bond donors (Lipinski definition) is 1. The van der Waals surface area contributed by atoms with Crippen LogP contribution in [-0.4, -0.2) is 31.1 Å². The minimum Gasteiger partial charge on any atom is -0.463 e. The Kier molecular flexibility index (Phi) is 6.23. The summed E-state index contributed by atoms with van der Waals surface area (Å²) in [4.78, 5) is 17.6. The maximum absolute atomic E-state index is 6.18. The van der Waals surface area contributed by atoms with Crippen LogP contribution in [0.25, 0.3) is 11.2 Å². The summed E-state index contributed by atoms with van der Waals surface area (Å²) in [6, 6.07) is 14.6. The molecule has 0 spiro atoms. The van der Waals surface area contributed by atoms with E-state index in [9.17, 15) is 0 Å². The Hall–Kier alpha value is -3.00. The van der Waals surface area contributed by atoms with Crippen LogP contribution in [0.2, 0.25) is 0 Å². The molecule has 0 aliphatic heterocycles. The van der Waals surface area contributed by atoms with Gasteiger partial charge in [-0.2, -0.15) is 9.97 Å². The number of anilines is 1. The van der Waals surface area contributed by atoms with Crippen molar-refractivity contribution in [1.82, 2.24) is 24.5 Å². The van der Waals surface area contributed by atoms with Crippen molar-refractivity contribution in [1.29, 1.82) is 0 Å². The van der Waals surface area contributed by atoms with Crippen molar-refractivity contribution in [3.8, 4) is 6.01 Å². The molecule has 0 bridgehead atoms. The normalized spacial score (nSPS) is 12.2. The SMILES string of the molecule is CCC(c1ccncc1)n1c(Br)nc2c(N)nc(OCCCc3ccccc3)nc21. The van der Waals surface area contributed by atoms with Crippen LogP contribution in [0, 0.1) is 0 Å². The minimum atomic E-state index is 0.0348. The van der Waals surface area contributed by atoms with E-state index in [4.69, 9.17) is 10.5 Å². The average Bonchev–Trinajstić information content (AvgIpc) is 3.10. The Morgan fingerprint density at radius 2 is 1.83 bits per heavy atom. The monoisotopic (exact) mass is 466 g/mol. The van der Waals surface area contributed by atoms with Gasteiger partial charge in [0.25, 0.3) is 0 Å². The number of benzene rings is 1. The maximum atomic E-state index is 6.18. The Balaban J connectivity index is 1.58. The van der Waals surface area contributed by atoms with Gasteiger partial charge in [-0.05, 0) is 58.5 Å². The molecule has 7 nitrogen and oxygen atoms in total. The fourth-order valence-electron chi connectivity index (χ4n) is 3.53. The molecule has 4 aromatic rings. The molecule has 0 fully saturated rings. The zero-order valence-electron chi connectivity index (χ0n) is 16.7. The molecule has 3 aromatic heterocycles. The van der Waals surface area contributed by atoms with E-state index >= 15 is 0 Å². The smallest absolute Gasteiger partial charge is 0.320 e. The summed E-state index contributed by atoms with van der Waals surface area (Å²) in [5, 5.41) is 0. The molecule has 0 aliphatic rings. The molecule has 8 heteroatoms. The van der Waals surface area contributed by atoms with Crippen molar-refractivity contribution in [3.63, 3.8) is 0 Å². The number of aryl methyl sites for hydroxylation is 1. The summed E-state index contributed by atoms with van der Waals surface area (Å²) < 4.78 is 8.51. The van der Waals surface area contributed by atoms with Crippen molar-refractivity contribution < 1.29 is 4.74 Å². The molecule has 4 rings (SSSR count). The Morgan fingerprint density at radius 1 is 1.07 bits per heavy atom. The Bertz CT molecular complexity index is 1120. The first kappa shape index (κ1) is 20.3. The van der Waals surface area contributed by atoms with Gasteiger partial charge in [-0.25, -0.2) is 4.98 Å². The molecule has 0 saturated carbocycles. The van der Waals surface area contributed by atoms with Gasteiger partial charge in [-0.1, -0.05) is 37.3 Å². The van der Waals surface area contributed by atoms with Gasteiger partial charge in [0.1, 0.15) is 0 Å². The first-order chi connectivity index (χ1) is 14.7. The topological polar surface area (TPSA) is 91.7 Å². The second-order valence-corrected chi connectivity index (χ2v) is 7.67. The number of nitrogen functional groups attached to an aromatic ring is 1. The molecule has 3 heterocycles. The lowest BCUT2D eigenvalue weighted by molar-refractivity contribution is 0.288. The lowest BCUT2D eigenvalue weighted by Crippen LogP contribution is -2.12. The van der Waals surface area contributed by atoms with E-state index in [1.807, 2.05) is 34.9 Å². The number of halogens is 1. The number of hydrogen-bond acceptors (Lipinski definition) is 6. The predicted octanol–water partition coefficient (Wildman–Crippen LogP) is 4.58. The molecule has 0 radical (unpaired) electrons. The second kappa shape index (κ2) is 9.21. The number of pyridine rings is 1. The van der Waals surface area contributed by atoms with Crippen LogP contribution in [0.5, 0.6) is 6.01 Å². The fourth-order valence-corrected chi connectivity index (χ4v) is 4.12. The number of rotatable bonds is 8. The van der Waals surface area contributed by atoms with Gasteiger partial charge in [-0.15, -0.1) is 0 Å². The summed E-state index contributed by atoms with van der Waals surface area (Å²) in [6.07, 6.45) is 6.22. The Morgan fingerprint density at radius 3 is 2.57 bits per heavy atom. The highest BCUT2D eigenvalue weighted by molar-refractivity contribution is 9.10. The maximum Gasteiger partial charge on any atom is 0.320 e. The standard InChI is InChI=1S/C22H23BrN6O/c1-2-17(16-10-12-25-13-11-16)29-20-18(26-21(29)23)19(24)27-22(28-20)30-14-6-9-15-7-4-3-5-8-15/h3-5,7-8,10-13,17H,2,6,9,14H2,1H3,(H2,24,27,28). The van der Waals surface area contributed by atoms with E-state index in [0.717, 1.165) is 24.8 Å². The zero-order chi connectivity index (χ0) is 20.9. The highest BCUT2D eigenvalue weighted by atomic mass is 79.9. The summed E-state index contributed by atoms with van der Waals surface area (Å²) in [6.45, 7) is 2.63. The van der Waals surface area contributed by atoms with Crippen LogP contribution >= 0.6 is 15.9 Å². The molecule has 30 heavy (non-hydrogen) atoms. The highest BCUT2D eigenvalue weighted by Gasteiger charge is 2.22. The van der Waals surface area contributed by atoms with Crippen molar-refractivity contribution in [2.24, 2.45) is 0 Å². The minimum absolute atomic E-state index is 0.0348. The predicted molar refractivity (Wildman–Crippen MR) is 120 cm³/mol. The molecular weight excluding hydrogens is 444 g/mol. The Labute approximate surface area is 183 Å². The summed E-state index contributed by atoms with van der Waals surface area (Å²) in [7, 11) is 0. The van der Waals surface area contributed by atoms with Crippen LogP contribution in [0.15, 0.2) is 59.6 Å². The van der Waals surface area contributed by atoms with Crippen molar-refractivity contribution in [3.05, 3.63) is 70.7 Å². The number of ether oxygens (including phenoxy) is 1. The number of nitrogens with two attached hydrogens (primary N) is 1. The summed E-state index contributed by atoms with van der Waals surface area (Å²) >= 11 is 3.57. The molecule has 1 atom stereocenters.